The van der Waals surface area contributed by atoms with Gasteiger partial charge in [0.1, 0.15) is 11.3 Å². The van der Waals surface area contributed by atoms with Crippen LogP contribution in [-0.2, 0) is 0 Å². The molecule has 0 saturated heterocycles. The molecule has 0 aliphatic carbocycles. The Kier molecular flexibility index (Phi) is 5.31. The molecule has 3 rings (SSSR count). The molecular formula is C22H23NO4. The topological polar surface area (TPSA) is 79.5 Å². The number of fused-ring (bicyclic) bond motifs is 1. The van der Waals surface area contributed by atoms with Crippen LogP contribution in [0.4, 0.5) is 0 Å². The summed E-state index contributed by atoms with van der Waals surface area (Å²) in [5.74, 6) is -0.0718. The van der Waals surface area contributed by atoms with Gasteiger partial charge in [-0.15, -0.1) is 0 Å². The number of hydrogen-bond donors (Lipinski definition) is 2. The van der Waals surface area contributed by atoms with Crippen LogP contribution in [0.15, 0.2) is 45.6 Å². The molecular weight excluding hydrogens is 342 g/mol. The first-order valence-electron chi connectivity index (χ1n) is 9.08. The molecule has 0 saturated carbocycles. The van der Waals surface area contributed by atoms with Crippen LogP contribution in [0.25, 0.3) is 22.1 Å². The second kappa shape index (κ2) is 7.66. The normalized spacial score (nSPS) is 10.9. The third-order valence-corrected chi connectivity index (χ3v) is 4.78. The molecule has 0 unspecified atom stereocenters. The lowest BCUT2D eigenvalue weighted by atomic mass is 9.97. The fourth-order valence-electron chi connectivity index (χ4n) is 3.17. The largest absolute Gasteiger partial charge is 0.508 e. The van der Waals surface area contributed by atoms with Crippen LogP contribution in [-0.4, -0.2) is 17.6 Å². The van der Waals surface area contributed by atoms with Crippen molar-refractivity contribution < 1.29 is 14.3 Å². The lowest BCUT2D eigenvalue weighted by molar-refractivity contribution is 0.0953. The molecule has 0 atom stereocenters. The molecule has 27 heavy (non-hydrogen) atoms. The molecule has 0 bridgehead atoms. The van der Waals surface area contributed by atoms with Crippen molar-refractivity contribution in [2.45, 2.75) is 33.6 Å². The fraction of sp³-hybridized carbons (Fsp3) is 0.273. The van der Waals surface area contributed by atoms with Crippen LogP contribution in [0.1, 0.15) is 41.3 Å². The molecule has 1 heterocycles. The van der Waals surface area contributed by atoms with Crippen molar-refractivity contribution in [3.63, 3.8) is 0 Å². The summed E-state index contributed by atoms with van der Waals surface area (Å²) < 4.78 is 5.50. The molecule has 0 fully saturated rings. The SMILES string of the molecule is CCCCNC(=O)c1cccc(-c2c(C)c3ccc(O)c(C)c3oc2=O)c1. The van der Waals surface area contributed by atoms with Crippen molar-refractivity contribution in [1.29, 1.82) is 0 Å². The van der Waals surface area contributed by atoms with E-state index < -0.39 is 5.63 Å². The minimum Gasteiger partial charge on any atom is -0.508 e. The predicted octanol–water partition coefficient (Wildman–Crippen LogP) is 4.31. The molecule has 3 aromatic rings. The average molecular weight is 365 g/mol. The zero-order valence-electron chi connectivity index (χ0n) is 15.8. The number of nitrogens with one attached hydrogen (secondary N) is 1. The van der Waals surface area contributed by atoms with Crippen molar-refractivity contribution in [1.82, 2.24) is 5.32 Å². The number of carbonyl (C=O) groups is 1. The number of hydrogen-bond acceptors (Lipinski definition) is 4. The Hall–Kier alpha value is -3.08. The van der Waals surface area contributed by atoms with Crippen LogP contribution in [0, 0.1) is 13.8 Å². The summed E-state index contributed by atoms with van der Waals surface area (Å²) in [7, 11) is 0. The van der Waals surface area contributed by atoms with E-state index >= 15 is 0 Å². The average Bonchev–Trinajstić information content (AvgIpc) is 2.65. The summed E-state index contributed by atoms with van der Waals surface area (Å²) >= 11 is 0. The Morgan fingerprint density at radius 3 is 2.67 bits per heavy atom. The molecule has 5 nitrogen and oxygen atoms in total. The number of phenols is 1. The second-order valence-corrected chi connectivity index (χ2v) is 6.67. The standard InChI is InChI=1S/C22H23NO4/c1-4-5-11-23-21(25)16-8-6-7-15(12-16)19-13(2)17-9-10-18(24)14(3)20(17)27-22(19)26/h6-10,12,24H,4-5,11H2,1-3H3,(H,23,25). The van der Waals surface area contributed by atoms with Gasteiger partial charge in [-0.05, 0) is 55.7 Å². The minimum absolute atomic E-state index is 0.0866. The Morgan fingerprint density at radius 1 is 1.15 bits per heavy atom. The molecule has 1 amide bonds. The highest BCUT2D eigenvalue weighted by molar-refractivity contribution is 5.96. The van der Waals surface area contributed by atoms with Crippen molar-refractivity contribution in [2.24, 2.45) is 0 Å². The fourth-order valence-corrected chi connectivity index (χ4v) is 3.17. The highest BCUT2D eigenvalue weighted by Gasteiger charge is 2.17. The van der Waals surface area contributed by atoms with Crippen LogP contribution in [0.3, 0.4) is 0 Å². The van der Waals surface area contributed by atoms with E-state index in [4.69, 9.17) is 4.42 Å². The third kappa shape index (κ3) is 3.58. The van der Waals surface area contributed by atoms with Crippen LogP contribution < -0.4 is 10.9 Å². The lowest BCUT2D eigenvalue weighted by Gasteiger charge is -2.11. The molecule has 0 radical (unpaired) electrons. The number of amides is 1. The third-order valence-electron chi connectivity index (χ3n) is 4.78. The smallest absolute Gasteiger partial charge is 0.344 e. The highest BCUT2D eigenvalue weighted by Crippen LogP contribution is 2.31. The monoisotopic (exact) mass is 365 g/mol. The summed E-state index contributed by atoms with van der Waals surface area (Å²) in [5.41, 5.74) is 2.75. The van der Waals surface area contributed by atoms with Gasteiger partial charge in [-0.2, -0.15) is 0 Å². The van der Waals surface area contributed by atoms with Crippen LogP contribution in [0.2, 0.25) is 0 Å². The van der Waals surface area contributed by atoms with Gasteiger partial charge in [-0.3, -0.25) is 4.79 Å². The van der Waals surface area contributed by atoms with Gasteiger partial charge in [0, 0.05) is 23.1 Å². The van der Waals surface area contributed by atoms with Crippen LogP contribution >= 0.6 is 0 Å². The molecule has 2 aromatic carbocycles. The van der Waals surface area contributed by atoms with E-state index in [0.717, 1.165) is 23.8 Å². The number of benzene rings is 2. The first-order chi connectivity index (χ1) is 12.9. The minimum atomic E-state index is -0.489. The number of carbonyl (C=O) groups excluding carboxylic acids is 1. The van der Waals surface area contributed by atoms with Crippen molar-refractivity contribution >= 4 is 16.9 Å². The zero-order chi connectivity index (χ0) is 19.6. The molecule has 140 valence electrons. The van der Waals surface area contributed by atoms with Gasteiger partial charge in [0.15, 0.2) is 0 Å². The van der Waals surface area contributed by atoms with E-state index in [1.54, 1.807) is 43.3 Å². The molecule has 2 N–H and O–H groups in total. The zero-order valence-corrected chi connectivity index (χ0v) is 15.8. The van der Waals surface area contributed by atoms with E-state index in [0.29, 0.717) is 34.4 Å². The van der Waals surface area contributed by atoms with Gasteiger partial charge in [-0.25, -0.2) is 4.79 Å². The van der Waals surface area contributed by atoms with Crippen LogP contribution in [0.5, 0.6) is 5.75 Å². The molecule has 0 spiro atoms. The number of phenolic OH excluding ortho intramolecular Hbond substituents is 1. The maximum Gasteiger partial charge on any atom is 0.344 e. The molecule has 1 aromatic heterocycles. The quantitative estimate of drug-likeness (QED) is 0.521. The number of aryl methyl sites for hydroxylation is 2. The maximum atomic E-state index is 12.7. The van der Waals surface area contributed by atoms with Gasteiger partial charge >= 0.3 is 5.63 Å². The van der Waals surface area contributed by atoms with Gasteiger partial charge in [-0.1, -0.05) is 25.5 Å². The van der Waals surface area contributed by atoms with E-state index in [2.05, 4.69) is 12.2 Å². The van der Waals surface area contributed by atoms with Gasteiger partial charge in [0.25, 0.3) is 5.91 Å². The van der Waals surface area contributed by atoms with Gasteiger partial charge in [0.05, 0.1) is 5.56 Å². The summed E-state index contributed by atoms with van der Waals surface area (Å²) in [4.78, 5) is 25.0. The summed E-state index contributed by atoms with van der Waals surface area (Å²) in [6.45, 7) is 6.25. The number of rotatable bonds is 5. The Morgan fingerprint density at radius 2 is 1.93 bits per heavy atom. The molecule has 0 aliphatic heterocycles. The first-order valence-corrected chi connectivity index (χ1v) is 9.08. The predicted molar refractivity (Wildman–Crippen MR) is 106 cm³/mol. The Balaban J connectivity index is 2.08. The number of unbranched alkanes of at least 4 members (excludes halogenated alkanes) is 1. The Bertz CT molecular complexity index is 1070. The molecule has 0 aliphatic rings. The van der Waals surface area contributed by atoms with Crippen molar-refractivity contribution in [3.05, 3.63) is 63.5 Å². The summed E-state index contributed by atoms with van der Waals surface area (Å²) in [6.07, 6.45) is 1.93. The van der Waals surface area contributed by atoms with E-state index in [9.17, 15) is 14.7 Å². The van der Waals surface area contributed by atoms with E-state index in [1.165, 1.54) is 0 Å². The highest BCUT2D eigenvalue weighted by atomic mass is 16.4. The van der Waals surface area contributed by atoms with Gasteiger partial charge < -0.3 is 14.8 Å². The maximum absolute atomic E-state index is 12.7. The van der Waals surface area contributed by atoms with E-state index in [1.807, 2.05) is 6.92 Å². The van der Waals surface area contributed by atoms with Crippen molar-refractivity contribution in [3.8, 4) is 16.9 Å². The second-order valence-electron chi connectivity index (χ2n) is 6.67. The Labute approximate surface area is 157 Å². The summed E-state index contributed by atoms with van der Waals surface area (Å²) in [6, 6.07) is 10.3. The lowest BCUT2D eigenvalue weighted by Crippen LogP contribution is -2.24. The molecule has 5 heteroatoms. The van der Waals surface area contributed by atoms with Gasteiger partial charge in [0.2, 0.25) is 0 Å². The summed E-state index contributed by atoms with van der Waals surface area (Å²) in [5, 5.41) is 13.5. The van der Waals surface area contributed by atoms with Crippen molar-refractivity contribution in [2.75, 3.05) is 6.54 Å². The van der Waals surface area contributed by atoms with E-state index in [-0.39, 0.29) is 11.7 Å². The first kappa shape index (κ1) is 18.7. The number of aromatic hydroxyl groups is 1.